The van der Waals surface area contributed by atoms with Crippen molar-refractivity contribution in [3.05, 3.63) is 56.7 Å². The van der Waals surface area contributed by atoms with Crippen molar-refractivity contribution in [1.82, 2.24) is 15.1 Å². The van der Waals surface area contributed by atoms with Gasteiger partial charge in [-0.15, -0.1) is 11.3 Å². The van der Waals surface area contributed by atoms with Crippen LogP contribution in [0.3, 0.4) is 0 Å². The smallest absolute Gasteiger partial charge is 0.317 e. The van der Waals surface area contributed by atoms with Gasteiger partial charge in [0.2, 0.25) is 0 Å². The molecule has 0 saturated heterocycles. The third-order valence-corrected chi connectivity index (χ3v) is 5.42. The number of carbonyl (C=O) groups is 1. The van der Waals surface area contributed by atoms with Crippen molar-refractivity contribution in [3.8, 4) is 0 Å². The highest BCUT2D eigenvalue weighted by Gasteiger charge is 2.12. The molecule has 1 heterocycles. The van der Waals surface area contributed by atoms with E-state index in [-0.39, 0.29) is 6.03 Å². The molecule has 0 aliphatic carbocycles. The molecule has 0 aliphatic rings. The van der Waals surface area contributed by atoms with Crippen molar-refractivity contribution in [2.75, 3.05) is 20.1 Å². The maximum atomic E-state index is 12.3. The van der Waals surface area contributed by atoms with Gasteiger partial charge in [0.05, 0.1) is 10.9 Å². The normalized spacial score (nSPS) is 10.9. The van der Waals surface area contributed by atoms with Crippen LogP contribution in [0.2, 0.25) is 4.34 Å². The molecular weight excluding hydrogens is 354 g/mol. The molecule has 1 aromatic carbocycles. The molecule has 1 aromatic heterocycles. The van der Waals surface area contributed by atoms with E-state index in [2.05, 4.69) is 42.3 Å². The highest BCUT2D eigenvalue weighted by atomic mass is 35.5. The zero-order valence-electron chi connectivity index (χ0n) is 15.1. The Labute approximate surface area is 159 Å². The number of rotatable bonds is 8. The van der Waals surface area contributed by atoms with E-state index in [1.54, 1.807) is 11.9 Å². The maximum absolute atomic E-state index is 12.3. The van der Waals surface area contributed by atoms with Gasteiger partial charge < -0.3 is 10.2 Å². The van der Waals surface area contributed by atoms with Crippen LogP contribution in [0.1, 0.15) is 29.9 Å². The minimum atomic E-state index is -0.0813. The van der Waals surface area contributed by atoms with Crippen molar-refractivity contribution >= 4 is 29.0 Å². The average Bonchev–Trinajstić information content (AvgIpc) is 3.03. The van der Waals surface area contributed by atoms with Crippen LogP contribution < -0.4 is 5.32 Å². The van der Waals surface area contributed by atoms with E-state index in [0.29, 0.717) is 13.1 Å². The van der Waals surface area contributed by atoms with Crippen LogP contribution in [0.15, 0.2) is 36.4 Å². The van der Waals surface area contributed by atoms with Gasteiger partial charge in [0.1, 0.15) is 0 Å². The standard InChI is InChI=1S/C19H26ClN3OS/c1-4-23(5-2)13-16-9-7-6-8-15(16)12-21-19(24)22(3)14-17-10-11-18(20)25-17/h6-11H,4-5,12-14H2,1-3H3,(H,21,24). The molecule has 2 amide bonds. The quantitative estimate of drug-likeness (QED) is 0.728. The van der Waals surface area contributed by atoms with Crippen molar-refractivity contribution in [2.45, 2.75) is 33.5 Å². The topological polar surface area (TPSA) is 35.6 Å². The van der Waals surface area contributed by atoms with Gasteiger partial charge in [-0.25, -0.2) is 4.79 Å². The summed E-state index contributed by atoms with van der Waals surface area (Å²) < 4.78 is 0.745. The Balaban J connectivity index is 1.92. The number of benzene rings is 1. The SMILES string of the molecule is CCN(CC)Cc1ccccc1CNC(=O)N(C)Cc1ccc(Cl)s1. The van der Waals surface area contributed by atoms with Crippen LogP contribution in [0, 0.1) is 0 Å². The van der Waals surface area contributed by atoms with Crippen molar-refractivity contribution in [2.24, 2.45) is 0 Å². The van der Waals surface area contributed by atoms with E-state index >= 15 is 0 Å². The molecule has 2 rings (SSSR count). The first-order valence-electron chi connectivity index (χ1n) is 8.55. The summed E-state index contributed by atoms with van der Waals surface area (Å²) >= 11 is 7.44. The highest BCUT2D eigenvalue weighted by Crippen LogP contribution is 2.22. The van der Waals surface area contributed by atoms with Gasteiger partial charge in [0.25, 0.3) is 0 Å². The summed E-state index contributed by atoms with van der Waals surface area (Å²) in [5.41, 5.74) is 2.43. The molecule has 0 spiro atoms. The molecule has 136 valence electrons. The number of carbonyl (C=O) groups excluding carboxylic acids is 1. The second kappa shape index (κ2) is 9.80. The molecule has 0 atom stereocenters. The molecule has 0 bridgehead atoms. The lowest BCUT2D eigenvalue weighted by atomic mass is 10.1. The van der Waals surface area contributed by atoms with Gasteiger partial charge >= 0.3 is 6.03 Å². The fourth-order valence-corrected chi connectivity index (χ4v) is 3.76. The van der Waals surface area contributed by atoms with Crippen LogP contribution in [-0.2, 0) is 19.6 Å². The van der Waals surface area contributed by atoms with Crippen LogP contribution in [0.5, 0.6) is 0 Å². The second-order valence-corrected chi connectivity index (χ2v) is 7.75. The molecule has 6 heteroatoms. The molecule has 2 aromatic rings. The van der Waals surface area contributed by atoms with Gasteiger partial charge in [-0.1, -0.05) is 49.7 Å². The molecule has 0 unspecified atom stereocenters. The Morgan fingerprint density at radius 1 is 1.08 bits per heavy atom. The van der Waals surface area contributed by atoms with Gasteiger partial charge in [-0.2, -0.15) is 0 Å². The molecule has 4 nitrogen and oxygen atoms in total. The minimum Gasteiger partial charge on any atom is -0.334 e. The molecule has 1 N–H and O–H groups in total. The maximum Gasteiger partial charge on any atom is 0.317 e. The fourth-order valence-electron chi connectivity index (χ4n) is 2.62. The van der Waals surface area contributed by atoms with E-state index in [4.69, 9.17) is 11.6 Å². The Morgan fingerprint density at radius 3 is 2.36 bits per heavy atom. The number of nitrogens with zero attached hydrogens (tertiary/aromatic N) is 2. The molecule has 0 aliphatic heterocycles. The van der Waals surface area contributed by atoms with Gasteiger partial charge in [-0.05, 0) is 36.3 Å². The number of amides is 2. The zero-order chi connectivity index (χ0) is 18.2. The van der Waals surface area contributed by atoms with E-state index in [9.17, 15) is 4.79 Å². The lowest BCUT2D eigenvalue weighted by Crippen LogP contribution is -2.36. The Bertz CT molecular complexity index is 685. The van der Waals surface area contributed by atoms with E-state index < -0.39 is 0 Å². The van der Waals surface area contributed by atoms with E-state index in [1.165, 1.54) is 16.9 Å². The molecule has 0 radical (unpaired) electrons. The highest BCUT2D eigenvalue weighted by molar-refractivity contribution is 7.16. The second-order valence-electron chi connectivity index (χ2n) is 5.95. The third kappa shape index (κ3) is 6.03. The van der Waals surface area contributed by atoms with Gasteiger partial charge in [0.15, 0.2) is 0 Å². The Morgan fingerprint density at radius 2 is 1.76 bits per heavy atom. The molecule has 25 heavy (non-hydrogen) atoms. The summed E-state index contributed by atoms with van der Waals surface area (Å²) in [5, 5.41) is 3.02. The summed E-state index contributed by atoms with van der Waals surface area (Å²) in [6, 6.07) is 12.0. The predicted octanol–water partition coefficient (Wildman–Crippen LogP) is 4.58. The van der Waals surface area contributed by atoms with Crippen molar-refractivity contribution in [1.29, 1.82) is 0 Å². The first-order chi connectivity index (χ1) is 12.0. The summed E-state index contributed by atoms with van der Waals surface area (Å²) in [6.45, 7) is 8.37. The number of hydrogen-bond donors (Lipinski definition) is 1. The van der Waals surface area contributed by atoms with Crippen LogP contribution in [0.4, 0.5) is 4.79 Å². The first-order valence-corrected chi connectivity index (χ1v) is 9.75. The van der Waals surface area contributed by atoms with Crippen LogP contribution in [0.25, 0.3) is 0 Å². The molecule has 0 saturated carbocycles. The predicted molar refractivity (Wildman–Crippen MR) is 106 cm³/mol. The van der Waals surface area contributed by atoms with Gasteiger partial charge in [-0.3, -0.25) is 4.90 Å². The lowest BCUT2D eigenvalue weighted by Gasteiger charge is -2.21. The summed E-state index contributed by atoms with van der Waals surface area (Å²) in [4.78, 5) is 17.5. The van der Waals surface area contributed by atoms with E-state index in [0.717, 1.165) is 34.4 Å². The summed E-state index contributed by atoms with van der Waals surface area (Å²) in [6.07, 6.45) is 0. The van der Waals surface area contributed by atoms with Gasteiger partial charge in [0, 0.05) is 25.0 Å². The largest absolute Gasteiger partial charge is 0.334 e. The Kier molecular flexibility index (Phi) is 7.75. The number of nitrogens with one attached hydrogen (secondary N) is 1. The minimum absolute atomic E-state index is 0.0813. The Hall–Kier alpha value is -1.56. The lowest BCUT2D eigenvalue weighted by molar-refractivity contribution is 0.206. The third-order valence-electron chi connectivity index (χ3n) is 4.21. The molecular formula is C19H26ClN3OS. The molecule has 0 fully saturated rings. The number of halogens is 1. The number of thiophene rings is 1. The van der Waals surface area contributed by atoms with E-state index in [1.807, 2.05) is 18.2 Å². The van der Waals surface area contributed by atoms with Crippen LogP contribution >= 0.6 is 22.9 Å². The number of urea groups is 1. The first kappa shape index (κ1) is 19.8. The number of hydrogen-bond acceptors (Lipinski definition) is 3. The monoisotopic (exact) mass is 379 g/mol. The summed E-state index contributed by atoms with van der Waals surface area (Å²) in [7, 11) is 1.80. The van der Waals surface area contributed by atoms with Crippen molar-refractivity contribution < 1.29 is 4.79 Å². The average molecular weight is 380 g/mol. The fraction of sp³-hybridized carbons (Fsp3) is 0.421. The zero-order valence-corrected chi connectivity index (χ0v) is 16.7. The summed E-state index contributed by atoms with van der Waals surface area (Å²) in [5.74, 6) is 0. The van der Waals surface area contributed by atoms with Crippen molar-refractivity contribution in [3.63, 3.8) is 0 Å². The van der Waals surface area contributed by atoms with Crippen LogP contribution in [-0.4, -0.2) is 36.0 Å².